The van der Waals surface area contributed by atoms with E-state index < -0.39 is 0 Å². The van der Waals surface area contributed by atoms with Gasteiger partial charge in [-0.2, -0.15) is 0 Å². The number of allylic oxidation sites excluding steroid dienone is 1. The molecule has 5 nitrogen and oxygen atoms in total. The van der Waals surface area contributed by atoms with Gasteiger partial charge in [-0.1, -0.05) is 23.8 Å². The van der Waals surface area contributed by atoms with Gasteiger partial charge in [0.25, 0.3) is 0 Å². The summed E-state index contributed by atoms with van der Waals surface area (Å²) in [6.45, 7) is 5.33. The van der Waals surface area contributed by atoms with Gasteiger partial charge in [0.2, 0.25) is 0 Å². The molecule has 1 aromatic carbocycles. The molecule has 0 spiro atoms. The lowest BCUT2D eigenvalue weighted by molar-refractivity contribution is 0.122. The van der Waals surface area contributed by atoms with Gasteiger partial charge in [-0.3, -0.25) is 4.99 Å². The molecule has 150 valence electrons. The average Bonchev–Trinajstić information content (AvgIpc) is 2.72. The smallest absolute Gasteiger partial charge is 0.191 e. The zero-order valence-corrected chi connectivity index (χ0v) is 18.7. The van der Waals surface area contributed by atoms with Crippen LogP contribution in [0.5, 0.6) is 0 Å². The first-order chi connectivity index (χ1) is 12.8. The standard InChI is InChI=1S/C21H32N4O.HI/c1-22-21(23-12-11-18-5-3-2-4-6-18)24-17-19-7-9-20(10-8-19)25-13-15-26-16-14-25;/h5,7-10H,2-4,6,11-17H2,1H3,(H2,22,23,24);1H. The maximum atomic E-state index is 5.42. The largest absolute Gasteiger partial charge is 0.378 e. The Hall–Kier alpha value is -1.28. The van der Waals surface area contributed by atoms with Crippen molar-refractivity contribution in [1.29, 1.82) is 0 Å². The molecule has 1 aliphatic heterocycles. The van der Waals surface area contributed by atoms with Crippen LogP contribution in [0, 0.1) is 0 Å². The van der Waals surface area contributed by atoms with Crippen LogP contribution in [0.4, 0.5) is 5.69 Å². The molecule has 1 fully saturated rings. The number of nitrogens with one attached hydrogen (secondary N) is 2. The monoisotopic (exact) mass is 484 g/mol. The van der Waals surface area contributed by atoms with Crippen LogP contribution in [0.25, 0.3) is 0 Å². The van der Waals surface area contributed by atoms with E-state index in [4.69, 9.17) is 4.74 Å². The van der Waals surface area contributed by atoms with Gasteiger partial charge in [0.1, 0.15) is 0 Å². The molecular weight excluding hydrogens is 451 g/mol. The Labute approximate surface area is 180 Å². The van der Waals surface area contributed by atoms with E-state index in [9.17, 15) is 0 Å². The van der Waals surface area contributed by atoms with Crippen LogP contribution in [-0.2, 0) is 11.3 Å². The van der Waals surface area contributed by atoms with Gasteiger partial charge in [-0.15, -0.1) is 24.0 Å². The molecule has 1 saturated heterocycles. The van der Waals surface area contributed by atoms with Gasteiger partial charge < -0.3 is 20.3 Å². The van der Waals surface area contributed by atoms with E-state index >= 15 is 0 Å². The molecule has 0 unspecified atom stereocenters. The number of morpholine rings is 1. The predicted octanol–water partition coefficient (Wildman–Crippen LogP) is 3.70. The first-order valence-corrected chi connectivity index (χ1v) is 9.89. The van der Waals surface area contributed by atoms with Gasteiger partial charge in [0, 0.05) is 38.9 Å². The van der Waals surface area contributed by atoms with Gasteiger partial charge in [0.05, 0.1) is 13.2 Å². The van der Waals surface area contributed by atoms with Crippen molar-refractivity contribution >= 4 is 35.6 Å². The van der Waals surface area contributed by atoms with E-state index in [0.29, 0.717) is 0 Å². The summed E-state index contributed by atoms with van der Waals surface area (Å²) in [7, 11) is 1.83. The summed E-state index contributed by atoms with van der Waals surface area (Å²) in [5, 5.41) is 6.83. The van der Waals surface area contributed by atoms with Crippen molar-refractivity contribution in [3.8, 4) is 0 Å². The van der Waals surface area contributed by atoms with Crippen LogP contribution in [0.3, 0.4) is 0 Å². The van der Waals surface area contributed by atoms with Crippen LogP contribution in [0.1, 0.15) is 37.7 Å². The summed E-state index contributed by atoms with van der Waals surface area (Å²) in [6.07, 6.45) is 8.75. The molecule has 0 saturated carbocycles. The number of ether oxygens (including phenoxy) is 1. The zero-order chi connectivity index (χ0) is 18.0. The summed E-state index contributed by atoms with van der Waals surface area (Å²) in [6, 6.07) is 8.79. The lowest BCUT2D eigenvalue weighted by atomic mass is 9.97. The lowest BCUT2D eigenvalue weighted by Gasteiger charge is -2.28. The molecule has 0 atom stereocenters. The summed E-state index contributed by atoms with van der Waals surface area (Å²) < 4.78 is 5.42. The summed E-state index contributed by atoms with van der Waals surface area (Å²) in [5.74, 6) is 0.874. The lowest BCUT2D eigenvalue weighted by Crippen LogP contribution is -2.37. The Morgan fingerprint density at radius 2 is 1.89 bits per heavy atom. The van der Waals surface area contributed by atoms with Crippen LogP contribution in [0.15, 0.2) is 40.9 Å². The van der Waals surface area contributed by atoms with E-state index in [1.807, 2.05) is 7.05 Å². The molecule has 0 aromatic heterocycles. The van der Waals surface area contributed by atoms with E-state index in [2.05, 4.69) is 50.9 Å². The fourth-order valence-corrected chi connectivity index (χ4v) is 3.53. The second-order valence-corrected chi connectivity index (χ2v) is 6.98. The van der Waals surface area contributed by atoms with Gasteiger partial charge >= 0.3 is 0 Å². The first kappa shape index (κ1) is 22.0. The molecule has 0 radical (unpaired) electrons. The average molecular weight is 484 g/mol. The number of hydrogen-bond acceptors (Lipinski definition) is 3. The number of anilines is 1. The third kappa shape index (κ3) is 7.33. The Bertz CT molecular complexity index is 609. The highest BCUT2D eigenvalue weighted by molar-refractivity contribution is 14.0. The highest BCUT2D eigenvalue weighted by Crippen LogP contribution is 2.19. The van der Waals surface area contributed by atoms with Crippen molar-refractivity contribution in [3.63, 3.8) is 0 Å². The van der Waals surface area contributed by atoms with E-state index in [1.54, 1.807) is 5.57 Å². The highest BCUT2D eigenvalue weighted by atomic mass is 127. The Morgan fingerprint density at radius 1 is 1.11 bits per heavy atom. The van der Waals surface area contributed by atoms with Crippen molar-refractivity contribution in [3.05, 3.63) is 41.5 Å². The fourth-order valence-electron chi connectivity index (χ4n) is 3.53. The molecule has 27 heavy (non-hydrogen) atoms. The van der Waals surface area contributed by atoms with Crippen molar-refractivity contribution in [2.24, 2.45) is 4.99 Å². The summed E-state index contributed by atoms with van der Waals surface area (Å²) >= 11 is 0. The Kier molecular flexibility index (Phi) is 9.97. The number of guanidine groups is 1. The van der Waals surface area contributed by atoms with Gasteiger partial charge in [-0.25, -0.2) is 0 Å². The van der Waals surface area contributed by atoms with Crippen molar-refractivity contribution < 1.29 is 4.74 Å². The second kappa shape index (κ2) is 12.2. The third-order valence-electron chi connectivity index (χ3n) is 5.12. The molecule has 2 aliphatic rings. The molecule has 6 heteroatoms. The van der Waals surface area contributed by atoms with Gasteiger partial charge in [-0.05, 0) is 49.8 Å². The minimum absolute atomic E-state index is 0. The third-order valence-corrected chi connectivity index (χ3v) is 5.12. The second-order valence-electron chi connectivity index (χ2n) is 6.98. The van der Waals surface area contributed by atoms with Crippen molar-refractivity contribution in [2.75, 3.05) is 44.8 Å². The van der Waals surface area contributed by atoms with Crippen molar-refractivity contribution in [2.45, 2.75) is 38.6 Å². The molecule has 1 aromatic rings. The quantitative estimate of drug-likeness (QED) is 0.280. The molecule has 0 bridgehead atoms. The van der Waals surface area contributed by atoms with E-state index in [-0.39, 0.29) is 24.0 Å². The van der Waals surface area contributed by atoms with Gasteiger partial charge in [0.15, 0.2) is 5.96 Å². The zero-order valence-electron chi connectivity index (χ0n) is 16.4. The molecule has 2 N–H and O–H groups in total. The molecule has 1 heterocycles. The molecular formula is C21H33IN4O. The minimum Gasteiger partial charge on any atom is -0.378 e. The maximum Gasteiger partial charge on any atom is 0.191 e. The maximum absolute atomic E-state index is 5.42. The SMILES string of the molecule is CN=C(NCCC1=CCCCC1)NCc1ccc(N2CCOCC2)cc1.I. The number of halogens is 1. The number of hydrogen-bond donors (Lipinski definition) is 2. The number of aliphatic imine (C=N–C) groups is 1. The van der Waals surface area contributed by atoms with Crippen molar-refractivity contribution in [1.82, 2.24) is 10.6 Å². The van der Waals surface area contributed by atoms with Crippen LogP contribution >= 0.6 is 24.0 Å². The molecule has 3 rings (SSSR count). The fraction of sp³-hybridized carbons (Fsp3) is 0.571. The van der Waals surface area contributed by atoms with Crippen LogP contribution in [-0.4, -0.2) is 45.9 Å². The number of nitrogens with zero attached hydrogens (tertiary/aromatic N) is 2. The molecule has 1 aliphatic carbocycles. The minimum atomic E-state index is 0. The normalized spacial score (nSPS) is 17.7. The number of benzene rings is 1. The summed E-state index contributed by atoms with van der Waals surface area (Å²) in [4.78, 5) is 6.71. The van der Waals surface area contributed by atoms with E-state index in [0.717, 1.165) is 51.8 Å². The number of rotatable bonds is 6. The summed E-state index contributed by atoms with van der Waals surface area (Å²) in [5.41, 5.74) is 4.14. The van der Waals surface area contributed by atoms with Crippen LogP contribution in [0.2, 0.25) is 0 Å². The predicted molar refractivity (Wildman–Crippen MR) is 124 cm³/mol. The van der Waals surface area contributed by atoms with Crippen LogP contribution < -0.4 is 15.5 Å². The topological polar surface area (TPSA) is 48.9 Å². The molecule has 0 amide bonds. The first-order valence-electron chi connectivity index (χ1n) is 9.89. The Balaban J connectivity index is 0.00000261. The Morgan fingerprint density at radius 3 is 2.56 bits per heavy atom. The highest BCUT2D eigenvalue weighted by Gasteiger charge is 2.10. The van der Waals surface area contributed by atoms with E-state index in [1.165, 1.54) is 36.9 Å².